The summed E-state index contributed by atoms with van der Waals surface area (Å²) in [5.74, 6) is 0.164. The Balaban J connectivity index is 1.47. The third-order valence-corrected chi connectivity index (χ3v) is 5.44. The number of benzene rings is 2. The molecule has 2 aromatic carbocycles. The number of carbonyl (C=O) groups is 1. The second-order valence-corrected chi connectivity index (χ2v) is 7.28. The van der Waals surface area contributed by atoms with Gasteiger partial charge in [-0.05, 0) is 62.7 Å². The maximum absolute atomic E-state index is 12.6. The topological polar surface area (TPSA) is 38.8 Å². The largest absolute Gasteiger partial charge is 0.376 e. The van der Waals surface area contributed by atoms with Gasteiger partial charge in [-0.2, -0.15) is 0 Å². The number of nitrogens with one attached hydrogen (secondary N) is 1. The molecule has 1 saturated heterocycles. The van der Waals surface area contributed by atoms with Crippen LogP contribution in [0.25, 0.3) is 0 Å². The average Bonchev–Trinajstić information content (AvgIpc) is 2.74. The molecule has 0 unspecified atom stereocenters. The number of carbonyl (C=O) groups excluding carboxylic acids is 1. The Morgan fingerprint density at radius 2 is 1.68 bits per heavy atom. The highest BCUT2D eigenvalue weighted by atomic mass is 16.2. The molecular formula is C23H32N4O. The van der Waals surface area contributed by atoms with Gasteiger partial charge in [0.1, 0.15) is 0 Å². The van der Waals surface area contributed by atoms with Crippen LogP contribution in [-0.2, 0) is 4.79 Å². The molecule has 1 amide bonds. The molecule has 150 valence electrons. The van der Waals surface area contributed by atoms with Gasteiger partial charge in [0, 0.05) is 56.3 Å². The van der Waals surface area contributed by atoms with Crippen LogP contribution >= 0.6 is 0 Å². The number of aryl methyl sites for hydroxylation is 1. The van der Waals surface area contributed by atoms with Crippen LogP contribution in [0.3, 0.4) is 0 Å². The van der Waals surface area contributed by atoms with Crippen LogP contribution in [0.4, 0.5) is 17.1 Å². The van der Waals surface area contributed by atoms with Crippen molar-refractivity contribution in [1.29, 1.82) is 0 Å². The summed E-state index contributed by atoms with van der Waals surface area (Å²) in [6.07, 6.45) is 0. The number of piperazine rings is 1. The van der Waals surface area contributed by atoms with E-state index in [2.05, 4.69) is 84.4 Å². The summed E-state index contributed by atoms with van der Waals surface area (Å²) >= 11 is 0. The molecule has 0 bridgehead atoms. The fourth-order valence-corrected chi connectivity index (χ4v) is 3.71. The molecule has 3 rings (SSSR count). The number of hydrogen-bond acceptors (Lipinski definition) is 4. The summed E-state index contributed by atoms with van der Waals surface area (Å²) in [6, 6.07) is 16.9. The Morgan fingerprint density at radius 3 is 2.29 bits per heavy atom. The maximum Gasteiger partial charge on any atom is 0.241 e. The lowest BCUT2D eigenvalue weighted by Gasteiger charge is -2.36. The number of anilines is 3. The monoisotopic (exact) mass is 380 g/mol. The predicted molar refractivity (Wildman–Crippen MR) is 118 cm³/mol. The molecule has 1 N–H and O–H groups in total. The minimum absolute atomic E-state index is 0.164. The van der Waals surface area contributed by atoms with Crippen LogP contribution < -0.4 is 15.1 Å². The van der Waals surface area contributed by atoms with E-state index in [1.807, 2.05) is 4.90 Å². The fourth-order valence-electron chi connectivity index (χ4n) is 3.71. The molecule has 1 heterocycles. The standard InChI is InChI=1S/C23H32N4O/c1-4-25(5-2)21-11-9-20(10-12-21)24-18-23(28)27-15-13-26(14-16-27)22-8-6-7-19(3)17-22/h6-12,17,24H,4-5,13-16,18H2,1-3H3. The van der Waals surface area contributed by atoms with E-state index in [1.165, 1.54) is 16.9 Å². The van der Waals surface area contributed by atoms with E-state index >= 15 is 0 Å². The molecule has 0 aliphatic carbocycles. The minimum Gasteiger partial charge on any atom is -0.376 e. The first-order chi connectivity index (χ1) is 13.6. The number of hydrogen-bond donors (Lipinski definition) is 1. The van der Waals surface area contributed by atoms with Crippen molar-refractivity contribution in [3.05, 3.63) is 54.1 Å². The van der Waals surface area contributed by atoms with Crippen LogP contribution in [0.1, 0.15) is 19.4 Å². The third-order valence-electron chi connectivity index (χ3n) is 5.44. The van der Waals surface area contributed by atoms with Crippen LogP contribution in [0, 0.1) is 6.92 Å². The van der Waals surface area contributed by atoms with Gasteiger partial charge in [0.25, 0.3) is 0 Å². The van der Waals surface area contributed by atoms with Gasteiger partial charge in [-0.15, -0.1) is 0 Å². The summed E-state index contributed by atoms with van der Waals surface area (Å²) in [6.45, 7) is 12.1. The van der Waals surface area contributed by atoms with E-state index in [9.17, 15) is 4.79 Å². The van der Waals surface area contributed by atoms with E-state index in [4.69, 9.17) is 0 Å². The number of rotatable bonds is 7. The Hall–Kier alpha value is -2.69. The van der Waals surface area contributed by atoms with Crippen molar-refractivity contribution in [3.63, 3.8) is 0 Å². The zero-order chi connectivity index (χ0) is 19.9. The highest BCUT2D eigenvalue weighted by Crippen LogP contribution is 2.19. The Labute approximate surface area is 168 Å². The lowest BCUT2D eigenvalue weighted by molar-refractivity contribution is -0.129. The lowest BCUT2D eigenvalue weighted by atomic mass is 10.2. The molecule has 0 aromatic heterocycles. The van der Waals surface area contributed by atoms with E-state index in [-0.39, 0.29) is 5.91 Å². The van der Waals surface area contributed by atoms with Crippen molar-refractivity contribution in [3.8, 4) is 0 Å². The molecule has 0 spiro atoms. The molecular weight excluding hydrogens is 348 g/mol. The van der Waals surface area contributed by atoms with Crippen molar-refractivity contribution in [2.75, 3.05) is 60.9 Å². The van der Waals surface area contributed by atoms with E-state index < -0.39 is 0 Å². The molecule has 2 aromatic rings. The molecule has 1 aliphatic heterocycles. The first-order valence-corrected chi connectivity index (χ1v) is 10.3. The zero-order valence-corrected chi connectivity index (χ0v) is 17.3. The normalized spacial score (nSPS) is 14.1. The van der Waals surface area contributed by atoms with Crippen LogP contribution in [0.15, 0.2) is 48.5 Å². The van der Waals surface area contributed by atoms with Gasteiger partial charge in [0.15, 0.2) is 0 Å². The van der Waals surface area contributed by atoms with Gasteiger partial charge in [-0.25, -0.2) is 0 Å². The Kier molecular flexibility index (Phi) is 6.80. The van der Waals surface area contributed by atoms with Crippen LogP contribution in [0.5, 0.6) is 0 Å². The van der Waals surface area contributed by atoms with Crippen molar-refractivity contribution >= 4 is 23.0 Å². The molecule has 5 nitrogen and oxygen atoms in total. The zero-order valence-electron chi connectivity index (χ0n) is 17.3. The first-order valence-electron chi connectivity index (χ1n) is 10.3. The second-order valence-electron chi connectivity index (χ2n) is 7.28. The minimum atomic E-state index is 0.164. The van der Waals surface area contributed by atoms with E-state index in [0.717, 1.165) is 45.0 Å². The van der Waals surface area contributed by atoms with Gasteiger partial charge in [-0.3, -0.25) is 4.79 Å². The quantitative estimate of drug-likeness (QED) is 0.797. The summed E-state index contributed by atoms with van der Waals surface area (Å²) in [5.41, 5.74) is 4.72. The molecule has 28 heavy (non-hydrogen) atoms. The maximum atomic E-state index is 12.6. The lowest BCUT2D eigenvalue weighted by Crippen LogP contribution is -2.50. The molecule has 0 atom stereocenters. The highest BCUT2D eigenvalue weighted by molar-refractivity contribution is 5.81. The van der Waals surface area contributed by atoms with Crippen molar-refractivity contribution in [2.45, 2.75) is 20.8 Å². The van der Waals surface area contributed by atoms with Gasteiger partial charge in [0.2, 0.25) is 5.91 Å². The van der Waals surface area contributed by atoms with Crippen LogP contribution in [-0.4, -0.2) is 56.6 Å². The fraction of sp³-hybridized carbons (Fsp3) is 0.435. The summed E-state index contributed by atoms with van der Waals surface area (Å²) in [7, 11) is 0. The second kappa shape index (κ2) is 9.49. The van der Waals surface area contributed by atoms with Crippen LogP contribution in [0.2, 0.25) is 0 Å². The Morgan fingerprint density at radius 1 is 1.00 bits per heavy atom. The smallest absolute Gasteiger partial charge is 0.241 e. The van der Waals surface area contributed by atoms with Gasteiger partial charge >= 0.3 is 0 Å². The highest BCUT2D eigenvalue weighted by Gasteiger charge is 2.21. The van der Waals surface area contributed by atoms with Gasteiger partial charge < -0.3 is 20.0 Å². The third kappa shape index (κ3) is 4.97. The first kappa shape index (κ1) is 20.1. The summed E-state index contributed by atoms with van der Waals surface area (Å²) in [4.78, 5) is 19.2. The number of nitrogens with zero attached hydrogens (tertiary/aromatic N) is 3. The predicted octanol–water partition coefficient (Wildman–Crippen LogP) is 3.60. The molecule has 1 aliphatic rings. The van der Waals surface area contributed by atoms with Crippen molar-refractivity contribution in [2.24, 2.45) is 0 Å². The molecule has 5 heteroatoms. The summed E-state index contributed by atoms with van der Waals surface area (Å²) < 4.78 is 0. The van der Waals surface area contributed by atoms with Crippen molar-refractivity contribution in [1.82, 2.24) is 4.90 Å². The van der Waals surface area contributed by atoms with Crippen molar-refractivity contribution < 1.29 is 4.79 Å². The van der Waals surface area contributed by atoms with Gasteiger partial charge in [-0.1, -0.05) is 12.1 Å². The molecule has 1 fully saturated rings. The van der Waals surface area contributed by atoms with E-state index in [0.29, 0.717) is 6.54 Å². The molecule has 0 saturated carbocycles. The number of amides is 1. The SMILES string of the molecule is CCN(CC)c1ccc(NCC(=O)N2CCN(c3cccc(C)c3)CC2)cc1. The van der Waals surface area contributed by atoms with Gasteiger partial charge in [0.05, 0.1) is 6.54 Å². The van der Waals surface area contributed by atoms with E-state index in [1.54, 1.807) is 0 Å². The average molecular weight is 381 g/mol. The molecule has 0 radical (unpaired) electrons. The summed E-state index contributed by atoms with van der Waals surface area (Å²) in [5, 5.41) is 3.27. The Bertz CT molecular complexity index is 762.